The minimum absolute atomic E-state index is 0.514. The number of nitrogens with zero attached hydrogens (tertiary/aromatic N) is 1. The molecule has 0 saturated carbocycles. The van der Waals surface area contributed by atoms with E-state index in [0.717, 1.165) is 0 Å². The normalized spacial score (nSPS) is 20.3. The predicted octanol–water partition coefficient (Wildman–Crippen LogP) is 3.08. The molecule has 0 bridgehead atoms. The van der Waals surface area contributed by atoms with Crippen molar-refractivity contribution in [1.82, 2.24) is 10.3 Å². The summed E-state index contributed by atoms with van der Waals surface area (Å²) >= 11 is 1.94. The van der Waals surface area contributed by atoms with Crippen LogP contribution in [0.4, 0.5) is 0 Å². The first-order valence-corrected chi connectivity index (χ1v) is 6.82. The van der Waals surface area contributed by atoms with Gasteiger partial charge in [-0.1, -0.05) is 13.3 Å². The molecule has 1 aromatic heterocycles. The molecule has 1 N–H and O–H groups in total. The summed E-state index contributed by atoms with van der Waals surface area (Å²) in [5, 5.41) is 4.72. The number of nitrogens with one attached hydrogen (secondary N) is 1. The van der Waals surface area contributed by atoms with E-state index >= 15 is 0 Å². The van der Waals surface area contributed by atoms with Crippen molar-refractivity contribution in [2.45, 2.75) is 51.5 Å². The molecule has 1 aliphatic carbocycles. The number of hydrogen-bond acceptors (Lipinski definition) is 3. The number of fused-ring (bicyclic) bond motifs is 1. The number of thiazole rings is 1. The monoisotopic (exact) mass is 224 g/mol. The lowest BCUT2D eigenvalue weighted by molar-refractivity contribution is 0.489. The van der Waals surface area contributed by atoms with Crippen molar-refractivity contribution in [2.24, 2.45) is 0 Å². The summed E-state index contributed by atoms with van der Waals surface area (Å²) < 4.78 is 0. The van der Waals surface area contributed by atoms with Crippen molar-refractivity contribution >= 4 is 11.3 Å². The van der Waals surface area contributed by atoms with Gasteiger partial charge >= 0.3 is 0 Å². The number of unbranched alkanes of at least 4 members (excludes halogenated alkanes) is 1. The highest BCUT2D eigenvalue weighted by Gasteiger charge is 2.22. The van der Waals surface area contributed by atoms with Crippen molar-refractivity contribution in [3.8, 4) is 0 Å². The molecular formula is C12H20N2S. The van der Waals surface area contributed by atoms with Crippen LogP contribution in [-0.2, 0) is 12.8 Å². The van der Waals surface area contributed by atoms with Crippen molar-refractivity contribution in [3.05, 3.63) is 15.6 Å². The molecule has 1 unspecified atom stereocenters. The fourth-order valence-electron chi connectivity index (χ4n) is 2.18. The molecule has 0 spiro atoms. The summed E-state index contributed by atoms with van der Waals surface area (Å²) in [6.45, 7) is 2.24. The fourth-order valence-corrected chi connectivity index (χ4v) is 3.40. The summed E-state index contributed by atoms with van der Waals surface area (Å²) in [6.07, 6.45) is 7.52. The van der Waals surface area contributed by atoms with E-state index in [1.54, 1.807) is 0 Å². The summed E-state index contributed by atoms with van der Waals surface area (Å²) in [4.78, 5) is 6.33. The van der Waals surface area contributed by atoms with E-state index in [9.17, 15) is 0 Å². The molecule has 84 valence electrons. The minimum atomic E-state index is 0.514. The molecule has 0 fully saturated rings. The zero-order valence-corrected chi connectivity index (χ0v) is 10.5. The molecule has 1 aliphatic rings. The summed E-state index contributed by atoms with van der Waals surface area (Å²) in [5.41, 5.74) is 1.35. The van der Waals surface area contributed by atoms with E-state index in [1.807, 2.05) is 18.4 Å². The lowest BCUT2D eigenvalue weighted by Gasteiger charge is -2.19. The standard InChI is InChI=1S/C12H20N2S/c1-3-4-8-11-14-12-9(13-2)6-5-7-10(12)15-11/h9,13H,3-8H2,1-2H3. The molecule has 0 aliphatic heterocycles. The Kier molecular flexibility index (Phi) is 3.76. The molecule has 0 amide bonds. The van der Waals surface area contributed by atoms with Gasteiger partial charge in [0.1, 0.15) is 0 Å². The van der Waals surface area contributed by atoms with Crippen LogP contribution in [0.2, 0.25) is 0 Å². The Bertz CT molecular complexity index is 319. The smallest absolute Gasteiger partial charge is 0.0931 e. The Morgan fingerprint density at radius 2 is 2.40 bits per heavy atom. The maximum Gasteiger partial charge on any atom is 0.0931 e. The first-order valence-electron chi connectivity index (χ1n) is 6.01. The van der Waals surface area contributed by atoms with Gasteiger partial charge in [0.15, 0.2) is 0 Å². The van der Waals surface area contributed by atoms with Gasteiger partial charge in [-0.3, -0.25) is 0 Å². The zero-order chi connectivity index (χ0) is 10.7. The second-order valence-electron chi connectivity index (χ2n) is 4.25. The lowest BCUT2D eigenvalue weighted by atomic mass is 9.98. The molecule has 1 heterocycles. The Morgan fingerprint density at radius 1 is 1.53 bits per heavy atom. The van der Waals surface area contributed by atoms with Crippen LogP contribution in [0.25, 0.3) is 0 Å². The fraction of sp³-hybridized carbons (Fsp3) is 0.750. The third-order valence-electron chi connectivity index (χ3n) is 3.09. The van der Waals surface area contributed by atoms with Crippen molar-refractivity contribution in [2.75, 3.05) is 7.05 Å². The molecule has 0 saturated heterocycles. The van der Waals surface area contributed by atoms with Gasteiger partial charge in [-0.25, -0.2) is 4.98 Å². The Morgan fingerprint density at radius 3 is 3.13 bits per heavy atom. The van der Waals surface area contributed by atoms with Crippen LogP contribution >= 0.6 is 11.3 Å². The molecular weight excluding hydrogens is 204 g/mol. The molecule has 2 rings (SSSR count). The average Bonchev–Trinajstić information content (AvgIpc) is 2.68. The second kappa shape index (κ2) is 5.08. The van der Waals surface area contributed by atoms with Gasteiger partial charge in [0.05, 0.1) is 16.7 Å². The molecule has 1 atom stereocenters. The molecule has 0 aromatic carbocycles. The molecule has 0 radical (unpaired) electrons. The van der Waals surface area contributed by atoms with Gasteiger partial charge in [-0.2, -0.15) is 0 Å². The Labute approximate surface area is 96.1 Å². The van der Waals surface area contributed by atoms with Crippen LogP contribution in [0.1, 0.15) is 54.2 Å². The number of hydrogen-bond donors (Lipinski definition) is 1. The van der Waals surface area contributed by atoms with E-state index < -0.39 is 0 Å². The van der Waals surface area contributed by atoms with Crippen LogP contribution in [0.15, 0.2) is 0 Å². The number of aromatic nitrogens is 1. The second-order valence-corrected chi connectivity index (χ2v) is 5.42. The molecule has 3 heteroatoms. The Balaban J connectivity index is 2.14. The zero-order valence-electron chi connectivity index (χ0n) is 9.68. The van der Waals surface area contributed by atoms with E-state index in [0.29, 0.717) is 6.04 Å². The van der Waals surface area contributed by atoms with Gasteiger partial charge in [0.25, 0.3) is 0 Å². The van der Waals surface area contributed by atoms with Crippen LogP contribution in [0.5, 0.6) is 0 Å². The van der Waals surface area contributed by atoms with Gasteiger partial charge < -0.3 is 5.32 Å². The van der Waals surface area contributed by atoms with E-state index in [2.05, 4.69) is 12.2 Å². The largest absolute Gasteiger partial charge is 0.312 e. The van der Waals surface area contributed by atoms with Gasteiger partial charge in [-0.05, 0) is 39.2 Å². The third kappa shape index (κ3) is 2.40. The highest BCUT2D eigenvalue weighted by atomic mass is 32.1. The first-order chi connectivity index (χ1) is 7.35. The SMILES string of the molecule is CCCCc1nc2c(s1)CCCC2NC. The topological polar surface area (TPSA) is 24.9 Å². The summed E-state index contributed by atoms with van der Waals surface area (Å²) in [6, 6.07) is 0.514. The lowest BCUT2D eigenvalue weighted by Crippen LogP contribution is -2.21. The number of aryl methyl sites for hydroxylation is 2. The maximum absolute atomic E-state index is 4.80. The van der Waals surface area contributed by atoms with E-state index in [4.69, 9.17) is 4.98 Å². The van der Waals surface area contributed by atoms with Crippen molar-refractivity contribution < 1.29 is 0 Å². The minimum Gasteiger partial charge on any atom is -0.312 e. The van der Waals surface area contributed by atoms with Crippen molar-refractivity contribution in [3.63, 3.8) is 0 Å². The third-order valence-corrected chi connectivity index (χ3v) is 4.28. The quantitative estimate of drug-likeness (QED) is 0.850. The van der Waals surface area contributed by atoms with E-state index in [1.165, 1.54) is 54.1 Å². The van der Waals surface area contributed by atoms with Crippen LogP contribution in [0, 0.1) is 0 Å². The number of rotatable bonds is 4. The molecule has 1 aromatic rings. The van der Waals surface area contributed by atoms with Crippen molar-refractivity contribution in [1.29, 1.82) is 0 Å². The summed E-state index contributed by atoms with van der Waals surface area (Å²) in [7, 11) is 2.05. The van der Waals surface area contributed by atoms with Crippen LogP contribution in [-0.4, -0.2) is 12.0 Å². The highest BCUT2D eigenvalue weighted by molar-refractivity contribution is 7.11. The van der Waals surface area contributed by atoms with Gasteiger partial charge in [-0.15, -0.1) is 11.3 Å². The Hall–Kier alpha value is -0.410. The van der Waals surface area contributed by atoms with Gasteiger partial charge in [0.2, 0.25) is 0 Å². The summed E-state index contributed by atoms with van der Waals surface area (Å²) in [5.74, 6) is 0. The average molecular weight is 224 g/mol. The molecule has 15 heavy (non-hydrogen) atoms. The first kappa shape index (κ1) is 11.1. The maximum atomic E-state index is 4.80. The van der Waals surface area contributed by atoms with Crippen LogP contribution < -0.4 is 5.32 Å². The van der Waals surface area contributed by atoms with Gasteiger partial charge in [0, 0.05) is 4.88 Å². The highest BCUT2D eigenvalue weighted by Crippen LogP contribution is 2.33. The predicted molar refractivity (Wildman–Crippen MR) is 65.5 cm³/mol. The molecule has 2 nitrogen and oxygen atoms in total. The van der Waals surface area contributed by atoms with Crippen LogP contribution in [0.3, 0.4) is 0 Å². The van der Waals surface area contributed by atoms with E-state index in [-0.39, 0.29) is 0 Å².